The van der Waals surface area contributed by atoms with Gasteiger partial charge in [0.1, 0.15) is 29.8 Å². The predicted molar refractivity (Wildman–Crippen MR) is 70.6 cm³/mol. The Bertz CT molecular complexity index is 329. The molecule has 2 aliphatic rings. The van der Waals surface area contributed by atoms with Gasteiger partial charge in [-0.05, 0) is 6.42 Å². The van der Waals surface area contributed by atoms with Gasteiger partial charge in [-0.15, -0.1) is 11.8 Å². The van der Waals surface area contributed by atoms with Gasteiger partial charge in [0.25, 0.3) is 0 Å². The van der Waals surface area contributed by atoms with Crippen molar-refractivity contribution in [2.75, 3.05) is 18.9 Å². The minimum absolute atomic E-state index is 0.0428. The van der Waals surface area contributed by atoms with Gasteiger partial charge in [0.15, 0.2) is 0 Å². The lowest BCUT2D eigenvalue weighted by Crippen LogP contribution is -2.46. The van der Waals surface area contributed by atoms with Crippen molar-refractivity contribution in [3.05, 3.63) is 0 Å². The fourth-order valence-electron chi connectivity index (χ4n) is 2.49. The number of nitrogens with zero attached hydrogens (tertiary/aromatic N) is 1. The number of thioether (sulfide) groups is 1. The molecule has 0 aliphatic carbocycles. The van der Waals surface area contributed by atoms with E-state index in [1.54, 1.807) is 4.90 Å². The number of ether oxygens (including phenoxy) is 1. The first-order chi connectivity index (χ1) is 9.10. The van der Waals surface area contributed by atoms with E-state index in [0.29, 0.717) is 12.3 Å². The summed E-state index contributed by atoms with van der Waals surface area (Å²) in [5.41, 5.74) is 0. The maximum atomic E-state index is 11.8. The summed E-state index contributed by atoms with van der Waals surface area (Å²) in [5.74, 6) is 0.419. The molecule has 0 spiro atoms. The molecule has 2 aliphatic heterocycles. The summed E-state index contributed by atoms with van der Waals surface area (Å²) in [6, 6.07) is 0. The summed E-state index contributed by atoms with van der Waals surface area (Å²) in [5, 5.41) is 28.6. The summed E-state index contributed by atoms with van der Waals surface area (Å²) in [4.78, 5) is 13.6. The van der Waals surface area contributed by atoms with Gasteiger partial charge >= 0.3 is 0 Å². The minimum atomic E-state index is -1.10. The van der Waals surface area contributed by atoms with Crippen LogP contribution in [0.3, 0.4) is 0 Å². The minimum Gasteiger partial charge on any atom is -0.394 e. The molecule has 19 heavy (non-hydrogen) atoms. The number of rotatable bonds is 5. The third kappa shape index (κ3) is 2.90. The fourth-order valence-corrected chi connectivity index (χ4v) is 3.78. The van der Waals surface area contributed by atoms with E-state index in [1.807, 2.05) is 0 Å². The predicted octanol–water partition coefficient (Wildman–Crippen LogP) is -0.831. The number of aliphatic hydroxyl groups excluding tert-OH is 3. The van der Waals surface area contributed by atoms with Crippen LogP contribution < -0.4 is 0 Å². The van der Waals surface area contributed by atoms with Crippen molar-refractivity contribution in [2.45, 2.75) is 49.6 Å². The van der Waals surface area contributed by atoms with Crippen LogP contribution in [0.5, 0.6) is 0 Å². The van der Waals surface area contributed by atoms with Crippen molar-refractivity contribution in [1.29, 1.82) is 0 Å². The maximum absolute atomic E-state index is 11.8. The van der Waals surface area contributed by atoms with E-state index in [-0.39, 0.29) is 17.9 Å². The molecule has 5 atom stereocenters. The van der Waals surface area contributed by atoms with Crippen molar-refractivity contribution < 1.29 is 24.9 Å². The van der Waals surface area contributed by atoms with Gasteiger partial charge in [-0.3, -0.25) is 4.79 Å². The van der Waals surface area contributed by atoms with E-state index in [1.165, 1.54) is 11.8 Å². The van der Waals surface area contributed by atoms with Crippen molar-refractivity contribution in [3.63, 3.8) is 0 Å². The van der Waals surface area contributed by atoms with Crippen LogP contribution in [0.1, 0.15) is 19.8 Å². The maximum Gasteiger partial charge on any atom is 0.233 e. The summed E-state index contributed by atoms with van der Waals surface area (Å²) >= 11 is 1.42. The molecular weight excluding hydrogens is 270 g/mol. The van der Waals surface area contributed by atoms with Gasteiger partial charge in [-0.2, -0.15) is 0 Å². The first kappa shape index (κ1) is 15.1. The largest absolute Gasteiger partial charge is 0.394 e. The number of hydrogen-bond donors (Lipinski definition) is 3. The highest BCUT2D eigenvalue weighted by atomic mass is 32.2. The zero-order chi connectivity index (χ0) is 14.0. The van der Waals surface area contributed by atoms with Crippen LogP contribution in [0.15, 0.2) is 0 Å². The Kier molecular flexibility index (Phi) is 5.08. The second-order valence-corrected chi connectivity index (χ2v) is 6.05. The monoisotopic (exact) mass is 291 g/mol. The third-order valence-electron chi connectivity index (χ3n) is 3.62. The SMILES string of the molecule is CCCCN1C(=O)CS[C@@H]1[C@H]1O[C@H](CO)[C@@H](O)[C@@H]1O. The van der Waals surface area contributed by atoms with E-state index < -0.39 is 24.4 Å². The summed E-state index contributed by atoms with van der Waals surface area (Å²) in [6.07, 6.45) is -1.69. The Labute approximate surface area is 116 Å². The molecule has 0 aromatic rings. The Morgan fingerprint density at radius 1 is 1.42 bits per heavy atom. The Hall–Kier alpha value is -0.340. The lowest BCUT2D eigenvalue weighted by Gasteiger charge is -2.29. The van der Waals surface area contributed by atoms with Gasteiger partial charge in [0.2, 0.25) is 5.91 Å². The highest BCUT2D eigenvalue weighted by Gasteiger charge is 2.50. The van der Waals surface area contributed by atoms with E-state index in [0.717, 1.165) is 12.8 Å². The smallest absolute Gasteiger partial charge is 0.233 e. The number of unbranched alkanes of at least 4 members (excludes halogenated alkanes) is 1. The van der Waals surface area contributed by atoms with E-state index >= 15 is 0 Å². The normalized spacial score (nSPS) is 39.3. The highest BCUT2D eigenvalue weighted by Crippen LogP contribution is 2.35. The van der Waals surface area contributed by atoms with E-state index in [4.69, 9.17) is 9.84 Å². The van der Waals surface area contributed by atoms with Crippen LogP contribution in [0.2, 0.25) is 0 Å². The molecule has 0 radical (unpaired) electrons. The Morgan fingerprint density at radius 3 is 2.74 bits per heavy atom. The summed E-state index contributed by atoms with van der Waals surface area (Å²) in [7, 11) is 0. The lowest BCUT2D eigenvalue weighted by molar-refractivity contribution is -0.131. The van der Waals surface area contributed by atoms with Gasteiger partial charge in [0, 0.05) is 6.54 Å². The number of amides is 1. The molecule has 0 aromatic heterocycles. The van der Waals surface area contributed by atoms with Crippen LogP contribution >= 0.6 is 11.8 Å². The quantitative estimate of drug-likeness (QED) is 0.612. The standard InChI is InChI=1S/C12H21NO5S/c1-2-3-4-13-8(15)6-19-12(13)11-10(17)9(16)7(5-14)18-11/h7,9-12,14,16-17H,2-6H2,1H3/t7-,9-,10+,11+,12-/m1/s1. The molecule has 6 nitrogen and oxygen atoms in total. The second-order valence-electron chi connectivity index (χ2n) is 4.95. The molecule has 7 heteroatoms. The van der Waals surface area contributed by atoms with Crippen LogP contribution in [0.25, 0.3) is 0 Å². The molecule has 0 bridgehead atoms. The highest BCUT2D eigenvalue weighted by molar-refractivity contribution is 8.01. The molecular formula is C12H21NO5S. The summed E-state index contributed by atoms with van der Waals surface area (Å²) < 4.78 is 5.51. The average molecular weight is 291 g/mol. The number of hydrogen-bond acceptors (Lipinski definition) is 6. The molecule has 2 rings (SSSR count). The van der Waals surface area contributed by atoms with Crippen molar-refractivity contribution in [1.82, 2.24) is 4.90 Å². The van der Waals surface area contributed by atoms with Crippen molar-refractivity contribution >= 4 is 17.7 Å². The van der Waals surface area contributed by atoms with Crippen LogP contribution in [0.4, 0.5) is 0 Å². The number of carbonyl (C=O) groups is 1. The molecule has 3 N–H and O–H groups in total. The molecule has 2 saturated heterocycles. The third-order valence-corrected chi connectivity index (χ3v) is 4.90. The Balaban J connectivity index is 2.05. The van der Waals surface area contributed by atoms with Crippen molar-refractivity contribution in [3.8, 4) is 0 Å². The van der Waals surface area contributed by atoms with Crippen LogP contribution in [-0.2, 0) is 9.53 Å². The zero-order valence-electron chi connectivity index (χ0n) is 10.9. The fraction of sp³-hybridized carbons (Fsp3) is 0.917. The zero-order valence-corrected chi connectivity index (χ0v) is 11.8. The van der Waals surface area contributed by atoms with E-state index in [9.17, 15) is 15.0 Å². The molecule has 0 aromatic carbocycles. The lowest BCUT2D eigenvalue weighted by atomic mass is 10.1. The van der Waals surface area contributed by atoms with Crippen LogP contribution in [0, 0.1) is 0 Å². The van der Waals surface area contributed by atoms with Gasteiger partial charge < -0.3 is 25.0 Å². The van der Waals surface area contributed by atoms with E-state index in [2.05, 4.69) is 6.92 Å². The first-order valence-corrected chi connectivity index (χ1v) is 7.68. The molecule has 0 saturated carbocycles. The molecule has 0 unspecified atom stereocenters. The van der Waals surface area contributed by atoms with Crippen molar-refractivity contribution in [2.24, 2.45) is 0 Å². The Morgan fingerprint density at radius 2 is 2.16 bits per heavy atom. The summed E-state index contributed by atoms with van der Waals surface area (Å²) in [6.45, 7) is 2.35. The number of carbonyl (C=O) groups excluding carboxylic acids is 1. The van der Waals surface area contributed by atoms with Gasteiger partial charge in [0.05, 0.1) is 12.4 Å². The van der Waals surface area contributed by atoms with Gasteiger partial charge in [-0.25, -0.2) is 0 Å². The van der Waals surface area contributed by atoms with Crippen LogP contribution in [-0.4, -0.2) is 74.8 Å². The molecule has 1 amide bonds. The van der Waals surface area contributed by atoms with Gasteiger partial charge in [-0.1, -0.05) is 13.3 Å². The topological polar surface area (TPSA) is 90.2 Å². The second kappa shape index (κ2) is 6.41. The molecule has 110 valence electrons. The number of aliphatic hydroxyl groups is 3. The first-order valence-electron chi connectivity index (χ1n) is 6.63. The molecule has 2 heterocycles. The molecule has 2 fully saturated rings. The average Bonchev–Trinajstić information content (AvgIpc) is 2.90.